The monoisotopic (exact) mass is 439 g/mol. The molecule has 0 radical (unpaired) electrons. The van der Waals surface area contributed by atoms with Crippen LogP contribution in [0.15, 0.2) is 41.3 Å². The number of hydrogen-bond donors (Lipinski definition) is 1. The van der Waals surface area contributed by atoms with E-state index in [4.69, 9.17) is 9.47 Å². The number of fused-ring (bicyclic) bond motifs is 1. The number of benzene rings is 2. The molecule has 1 N–H and O–H groups in total. The zero-order valence-electron chi connectivity index (χ0n) is 18.4. The van der Waals surface area contributed by atoms with Crippen LogP contribution >= 0.6 is 11.9 Å². The molecule has 0 spiro atoms. The van der Waals surface area contributed by atoms with Gasteiger partial charge >= 0.3 is 0 Å². The van der Waals surface area contributed by atoms with Gasteiger partial charge in [-0.2, -0.15) is 0 Å². The molecule has 31 heavy (non-hydrogen) atoms. The average Bonchev–Trinajstić information content (AvgIpc) is 3.57. The van der Waals surface area contributed by atoms with E-state index in [2.05, 4.69) is 47.6 Å². The van der Waals surface area contributed by atoms with Gasteiger partial charge in [-0.3, -0.25) is 0 Å². The zero-order valence-corrected chi connectivity index (χ0v) is 19.3. The molecule has 5 rings (SSSR count). The van der Waals surface area contributed by atoms with E-state index in [9.17, 15) is 5.11 Å². The normalized spacial score (nSPS) is 20.4. The van der Waals surface area contributed by atoms with Gasteiger partial charge in [0.05, 0.1) is 17.9 Å². The highest BCUT2D eigenvalue weighted by Gasteiger charge is 2.44. The smallest absolute Gasteiger partial charge is 0.125 e. The molecule has 166 valence electrons. The van der Waals surface area contributed by atoms with Gasteiger partial charge in [0.1, 0.15) is 5.75 Å². The van der Waals surface area contributed by atoms with Crippen molar-refractivity contribution in [1.82, 2.24) is 0 Å². The summed E-state index contributed by atoms with van der Waals surface area (Å²) in [6.07, 6.45) is 7.14. The predicted molar refractivity (Wildman–Crippen MR) is 126 cm³/mol. The lowest BCUT2D eigenvalue weighted by Gasteiger charge is -2.31. The van der Waals surface area contributed by atoms with E-state index >= 15 is 0 Å². The minimum Gasteiger partial charge on any atom is -0.493 e. The summed E-state index contributed by atoms with van der Waals surface area (Å²) in [5.41, 5.74) is 4.42. The van der Waals surface area contributed by atoms with E-state index in [-0.39, 0.29) is 0 Å². The van der Waals surface area contributed by atoms with Gasteiger partial charge in [-0.05, 0) is 98.2 Å². The lowest BCUT2D eigenvalue weighted by molar-refractivity contribution is 0.0487. The van der Waals surface area contributed by atoms with Crippen LogP contribution in [-0.2, 0) is 23.2 Å². The Morgan fingerprint density at radius 1 is 1.16 bits per heavy atom. The van der Waals surface area contributed by atoms with Crippen LogP contribution in [0.1, 0.15) is 55.7 Å². The van der Waals surface area contributed by atoms with Crippen LogP contribution in [0.25, 0.3) is 0 Å². The van der Waals surface area contributed by atoms with Gasteiger partial charge in [-0.25, -0.2) is 0 Å². The Morgan fingerprint density at radius 2 is 2.00 bits per heavy atom. The summed E-state index contributed by atoms with van der Waals surface area (Å²) in [4.78, 5) is 1.17. The quantitative estimate of drug-likeness (QED) is 0.577. The standard InChI is InChI=1S/C26H33NO3S/c1-2-19-5-6-21-4-3-13-27(24(21)16-19)31-22-7-8-25(23(17-22)26(28)11-12-26)30-18-20-9-14-29-15-10-20/h5-8,16-17,20,28H,2-4,9-15,18H2,1H3. The topological polar surface area (TPSA) is 41.9 Å². The van der Waals surface area contributed by atoms with E-state index in [0.29, 0.717) is 12.5 Å². The second kappa shape index (κ2) is 9.05. The summed E-state index contributed by atoms with van der Waals surface area (Å²) in [7, 11) is 0. The van der Waals surface area contributed by atoms with Crippen molar-refractivity contribution in [2.75, 3.05) is 30.7 Å². The van der Waals surface area contributed by atoms with E-state index in [1.807, 2.05) is 0 Å². The molecule has 2 aliphatic heterocycles. The molecule has 5 heteroatoms. The van der Waals surface area contributed by atoms with Crippen LogP contribution in [0.2, 0.25) is 0 Å². The maximum atomic E-state index is 11.0. The van der Waals surface area contributed by atoms with Crippen LogP contribution in [-0.4, -0.2) is 31.5 Å². The average molecular weight is 440 g/mol. The van der Waals surface area contributed by atoms with Crippen molar-refractivity contribution in [1.29, 1.82) is 0 Å². The number of rotatable bonds is 7. The molecule has 0 atom stereocenters. The molecule has 0 bridgehead atoms. The van der Waals surface area contributed by atoms with Gasteiger partial charge in [0.15, 0.2) is 0 Å². The molecule has 2 aromatic carbocycles. The summed E-state index contributed by atoms with van der Waals surface area (Å²) in [6, 6.07) is 13.3. The molecule has 1 saturated heterocycles. The first kappa shape index (κ1) is 21.2. The zero-order chi connectivity index (χ0) is 21.3. The van der Waals surface area contributed by atoms with Crippen LogP contribution in [0.5, 0.6) is 5.75 Å². The Bertz CT molecular complexity index is 921. The number of nitrogens with zero attached hydrogens (tertiary/aromatic N) is 1. The largest absolute Gasteiger partial charge is 0.493 e. The molecule has 0 amide bonds. The molecule has 2 fully saturated rings. The van der Waals surface area contributed by atoms with Gasteiger partial charge in [-0.15, -0.1) is 0 Å². The molecular weight excluding hydrogens is 406 g/mol. The van der Waals surface area contributed by atoms with Gasteiger partial charge in [0.25, 0.3) is 0 Å². The van der Waals surface area contributed by atoms with E-state index < -0.39 is 5.60 Å². The summed E-state index contributed by atoms with van der Waals surface area (Å²) < 4.78 is 14.1. The Balaban J connectivity index is 1.35. The highest BCUT2D eigenvalue weighted by Crippen LogP contribution is 2.50. The van der Waals surface area contributed by atoms with Crippen molar-refractivity contribution in [2.24, 2.45) is 5.92 Å². The fraction of sp³-hybridized carbons (Fsp3) is 0.538. The van der Waals surface area contributed by atoms with Crippen LogP contribution in [0.4, 0.5) is 5.69 Å². The summed E-state index contributed by atoms with van der Waals surface area (Å²) >= 11 is 1.79. The Kier molecular flexibility index (Phi) is 6.18. The second-order valence-electron chi connectivity index (χ2n) is 9.17. The third-order valence-corrected chi connectivity index (χ3v) is 7.91. The highest BCUT2D eigenvalue weighted by atomic mass is 32.2. The minimum atomic E-state index is -0.712. The maximum Gasteiger partial charge on any atom is 0.125 e. The summed E-state index contributed by atoms with van der Waals surface area (Å²) in [5, 5.41) is 11.0. The fourth-order valence-electron chi connectivity index (χ4n) is 4.59. The van der Waals surface area contributed by atoms with Crippen molar-refractivity contribution in [2.45, 2.75) is 62.4 Å². The first-order valence-electron chi connectivity index (χ1n) is 11.8. The molecule has 0 aromatic heterocycles. The van der Waals surface area contributed by atoms with Crippen molar-refractivity contribution in [3.05, 3.63) is 53.1 Å². The Labute approximate surface area is 190 Å². The van der Waals surface area contributed by atoms with Crippen LogP contribution < -0.4 is 9.04 Å². The van der Waals surface area contributed by atoms with Gasteiger partial charge in [0, 0.05) is 30.2 Å². The van der Waals surface area contributed by atoms with Crippen molar-refractivity contribution in [3.63, 3.8) is 0 Å². The summed E-state index contributed by atoms with van der Waals surface area (Å²) in [5.74, 6) is 1.39. The number of aryl methyl sites for hydroxylation is 2. The van der Waals surface area contributed by atoms with Crippen LogP contribution in [0.3, 0.4) is 0 Å². The molecule has 1 saturated carbocycles. The fourth-order valence-corrected chi connectivity index (χ4v) is 5.64. The SMILES string of the molecule is CCc1ccc2c(c1)N(Sc1ccc(OCC3CCOCC3)c(C3(O)CC3)c1)CCC2. The molecule has 1 aliphatic carbocycles. The molecule has 2 heterocycles. The Hall–Kier alpha value is -1.69. The van der Waals surface area contributed by atoms with E-state index in [0.717, 1.165) is 69.6 Å². The molecule has 3 aliphatic rings. The molecule has 0 unspecified atom stereocenters. The third kappa shape index (κ3) is 4.74. The first-order valence-corrected chi connectivity index (χ1v) is 12.6. The molecule has 2 aromatic rings. The van der Waals surface area contributed by atoms with E-state index in [1.54, 1.807) is 11.9 Å². The minimum absolute atomic E-state index is 0.544. The van der Waals surface area contributed by atoms with Gasteiger partial charge in [-0.1, -0.05) is 19.1 Å². The van der Waals surface area contributed by atoms with Crippen molar-refractivity contribution < 1.29 is 14.6 Å². The van der Waals surface area contributed by atoms with Gasteiger partial charge in [0.2, 0.25) is 0 Å². The van der Waals surface area contributed by atoms with Gasteiger partial charge < -0.3 is 18.9 Å². The molecule has 4 nitrogen and oxygen atoms in total. The maximum absolute atomic E-state index is 11.0. The second-order valence-corrected chi connectivity index (χ2v) is 10.3. The summed E-state index contributed by atoms with van der Waals surface area (Å²) in [6.45, 7) is 5.63. The van der Waals surface area contributed by atoms with E-state index in [1.165, 1.54) is 28.1 Å². The Morgan fingerprint density at radius 3 is 2.77 bits per heavy atom. The predicted octanol–water partition coefficient (Wildman–Crippen LogP) is 5.50. The number of anilines is 1. The first-order chi connectivity index (χ1) is 15.1. The van der Waals surface area contributed by atoms with Crippen molar-refractivity contribution in [3.8, 4) is 5.75 Å². The van der Waals surface area contributed by atoms with Crippen molar-refractivity contribution >= 4 is 17.6 Å². The third-order valence-electron chi connectivity index (χ3n) is 6.84. The highest BCUT2D eigenvalue weighted by molar-refractivity contribution is 8.00. The molecular formula is C26H33NO3S. The lowest BCUT2D eigenvalue weighted by Crippen LogP contribution is -2.23. The number of aliphatic hydroxyl groups is 1. The number of hydrogen-bond acceptors (Lipinski definition) is 5. The lowest BCUT2D eigenvalue weighted by atomic mass is 10.0. The number of ether oxygens (including phenoxy) is 2. The van der Waals surface area contributed by atoms with Crippen LogP contribution in [0, 0.1) is 5.92 Å².